The Morgan fingerprint density at radius 1 is 1.77 bits per heavy atom. The lowest BCUT2D eigenvalue weighted by Crippen LogP contribution is -2.28. The van der Waals surface area contributed by atoms with Gasteiger partial charge >= 0.3 is 0 Å². The molecule has 13 heavy (non-hydrogen) atoms. The number of nitrogens with zero attached hydrogens (tertiary/aromatic N) is 2. The maximum absolute atomic E-state index is 11.6. The van der Waals surface area contributed by atoms with Gasteiger partial charge in [0.1, 0.15) is 0 Å². The van der Waals surface area contributed by atoms with Gasteiger partial charge in [0.05, 0.1) is 11.8 Å². The summed E-state index contributed by atoms with van der Waals surface area (Å²) >= 11 is 1.73. The number of rotatable bonds is 4. The van der Waals surface area contributed by atoms with Gasteiger partial charge in [0.25, 0.3) is 5.91 Å². The summed E-state index contributed by atoms with van der Waals surface area (Å²) < 4.78 is 0. The zero-order valence-electron chi connectivity index (χ0n) is 7.78. The van der Waals surface area contributed by atoms with Crippen LogP contribution in [0.2, 0.25) is 0 Å². The maximum atomic E-state index is 11.6. The highest BCUT2D eigenvalue weighted by molar-refractivity contribution is 7.98. The second-order valence-corrected chi connectivity index (χ2v) is 3.69. The van der Waals surface area contributed by atoms with Crippen molar-refractivity contribution >= 4 is 17.7 Å². The summed E-state index contributed by atoms with van der Waals surface area (Å²) in [6, 6.07) is 0. The van der Waals surface area contributed by atoms with Gasteiger partial charge in [-0.2, -0.15) is 16.9 Å². The summed E-state index contributed by atoms with van der Waals surface area (Å²) in [7, 11) is 1.80. The van der Waals surface area contributed by atoms with E-state index in [2.05, 4.69) is 10.2 Å². The Kier molecular flexibility index (Phi) is 3.82. The number of carbonyl (C=O) groups excluding carboxylic acids is 1. The Morgan fingerprint density at radius 2 is 2.54 bits per heavy atom. The second kappa shape index (κ2) is 4.91. The molecule has 1 rings (SSSR count). The van der Waals surface area contributed by atoms with Gasteiger partial charge in [-0.1, -0.05) is 0 Å². The minimum Gasteiger partial charge on any atom is -0.341 e. The largest absolute Gasteiger partial charge is 0.341 e. The van der Waals surface area contributed by atoms with E-state index in [4.69, 9.17) is 0 Å². The summed E-state index contributed by atoms with van der Waals surface area (Å²) in [5.74, 6) is 0.975. The molecule has 1 amide bonds. The van der Waals surface area contributed by atoms with Gasteiger partial charge in [-0.15, -0.1) is 0 Å². The van der Waals surface area contributed by atoms with Crippen LogP contribution in [0.25, 0.3) is 0 Å². The molecule has 0 bridgehead atoms. The number of amides is 1. The average molecular weight is 199 g/mol. The molecule has 0 fully saturated rings. The van der Waals surface area contributed by atoms with Crippen molar-refractivity contribution in [1.29, 1.82) is 0 Å². The van der Waals surface area contributed by atoms with Crippen molar-refractivity contribution < 1.29 is 4.79 Å². The predicted molar refractivity (Wildman–Crippen MR) is 53.9 cm³/mol. The van der Waals surface area contributed by atoms with Gasteiger partial charge in [0.2, 0.25) is 0 Å². The third-order valence-corrected chi connectivity index (χ3v) is 2.31. The summed E-state index contributed by atoms with van der Waals surface area (Å²) in [5.41, 5.74) is 0.614. The number of thioether (sulfide) groups is 1. The van der Waals surface area contributed by atoms with Gasteiger partial charge in [0.15, 0.2) is 0 Å². The number of nitrogens with one attached hydrogen (secondary N) is 1. The lowest BCUT2D eigenvalue weighted by molar-refractivity contribution is 0.0804. The molecule has 0 aromatic carbocycles. The van der Waals surface area contributed by atoms with E-state index < -0.39 is 0 Å². The normalized spacial score (nSPS) is 10.0. The van der Waals surface area contributed by atoms with E-state index in [1.807, 2.05) is 6.26 Å². The highest BCUT2D eigenvalue weighted by Gasteiger charge is 2.11. The van der Waals surface area contributed by atoms with Crippen molar-refractivity contribution in [1.82, 2.24) is 15.1 Å². The molecule has 0 radical (unpaired) electrons. The number of aromatic amines is 1. The summed E-state index contributed by atoms with van der Waals surface area (Å²) in [4.78, 5) is 13.3. The summed E-state index contributed by atoms with van der Waals surface area (Å²) in [6.07, 6.45) is 5.17. The SMILES string of the molecule is CSCCN(C)C(=O)c1cn[nH]c1. The molecule has 0 aliphatic carbocycles. The first-order valence-corrected chi connectivity index (χ1v) is 5.38. The topological polar surface area (TPSA) is 49.0 Å². The van der Waals surface area contributed by atoms with Crippen LogP contribution in [0, 0.1) is 0 Å². The number of hydrogen-bond donors (Lipinski definition) is 1. The van der Waals surface area contributed by atoms with Crippen LogP contribution in [0.5, 0.6) is 0 Å². The van der Waals surface area contributed by atoms with Crippen molar-refractivity contribution in [2.45, 2.75) is 0 Å². The van der Waals surface area contributed by atoms with Crippen LogP contribution in [0.1, 0.15) is 10.4 Å². The molecule has 1 heterocycles. The van der Waals surface area contributed by atoms with E-state index in [9.17, 15) is 4.79 Å². The van der Waals surface area contributed by atoms with Crippen LogP contribution in [0.4, 0.5) is 0 Å². The maximum Gasteiger partial charge on any atom is 0.256 e. The Balaban J connectivity index is 2.48. The fraction of sp³-hybridized carbons (Fsp3) is 0.500. The molecule has 72 valence electrons. The number of hydrogen-bond acceptors (Lipinski definition) is 3. The van der Waals surface area contributed by atoms with E-state index in [-0.39, 0.29) is 5.91 Å². The van der Waals surface area contributed by atoms with Crippen molar-refractivity contribution in [2.75, 3.05) is 25.6 Å². The van der Waals surface area contributed by atoms with E-state index >= 15 is 0 Å². The number of aromatic nitrogens is 2. The fourth-order valence-corrected chi connectivity index (χ4v) is 1.37. The predicted octanol–water partition coefficient (Wildman–Crippen LogP) is 0.845. The van der Waals surface area contributed by atoms with E-state index in [0.29, 0.717) is 5.56 Å². The zero-order valence-corrected chi connectivity index (χ0v) is 8.60. The van der Waals surface area contributed by atoms with Gasteiger partial charge in [-0.25, -0.2) is 0 Å². The van der Waals surface area contributed by atoms with Crippen LogP contribution in [0.3, 0.4) is 0 Å². The van der Waals surface area contributed by atoms with Crippen LogP contribution in [0.15, 0.2) is 12.4 Å². The molecule has 1 N–H and O–H groups in total. The molecule has 1 aromatic rings. The smallest absolute Gasteiger partial charge is 0.256 e. The third kappa shape index (κ3) is 2.77. The molecule has 0 atom stereocenters. The first kappa shape index (κ1) is 10.1. The minimum absolute atomic E-state index is 0.0165. The standard InChI is InChI=1S/C8H13N3OS/c1-11(3-4-13-2)8(12)7-5-9-10-6-7/h5-6H,3-4H2,1-2H3,(H,9,10). The molecule has 0 unspecified atom stereocenters. The first-order chi connectivity index (χ1) is 6.25. The molecule has 4 nitrogen and oxygen atoms in total. The monoisotopic (exact) mass is 199 g/mol. The Hall–Kier alpha value is -0.970. The van der Waals surface area contributed by atoms with Crippen LogP contribution < -0.4 is 0 Å². The van der Waals surface area contributed by atoms with Crippen molar-refractivity contribution in [3.63, 3.8) is 0 Å². The Morgan fingerprint density at radius 3 is 3.08 bits per heavy atom. The molecule has 0 saturated heterocycles. The molecule has 0 aliphatic heterocycles. The average Bonchev–Trinajstić information content (AvgIpc) is 2.65. The van der Waals surface area contributed by atoms with Crippen molar-refractivity contribution in [2.24, 2.45) is 0 Å². The molecule has 0 spiro atoms. The van der Waals surface area contributed by atoms with E-state index in [0.717, 1.165) is 12.3 Å². The highest BCUT2D eigenvalue weighted by atomic mass is 32.2. The fourth-order valence-electron chi connectivity index (χ4n) is 0.918. The Bertz CT molecular complexity index is 260. The molecular formula is C8H13N3OS. The van der Waals surface area contributed by atoms with E-state index in [1.54, 1.807) is 29.9 Å². The number of carbonyl (C=O) groups is 1. The van der Waals surface area contributed by atoms with Crippen LogP contribution in [-0.4, -0.2) is 46.6 Å². The van der Waals surface area contributed by atoms with Crippen molar-refractivity contribution in [3.8, 4) is 0 Å². The third-order valence-electron chi connectivity index (χ3n) is 1.72. The quantitative estimate of drug-likeness (QED) is 0.782. The highest BCUT2D eigenvalue weighted by Crippen LogP contribution is 2.01. The summed E-state index contributed by atoms with van der Waals surface area (Å²) in [6.45, 7) is 0.769. The van der Waals surface area contributed by atoms with Gasteiger partial charge in [-0.05, 0) is 6.26 Å². The van der Waals surface area contributed by atoms with Crippen molar-refractivity contribution in [3.05, 3.63) is 18.0 Å². The van der Waals surface area contributed by atoms with E-state index in [1.165, 1.54) is 6.20 Å². The molecular weight excluding hydrogens is 186 g/mol. The van der Waals surface area contributed by atoms with Crippen LogP contribution in [-0.2, 0) is 0 Å². The molecule has 1 aromatic heterocycles. The zero-order chi connectivity index (χ0) is 9.68. The first-order valence-electron chi connectivity index (χ1n) is 3.99. The van der Waals surface area contributed by atoms with Crippen LogP contribution >= 0.6 is 11.8 Å². The van der Waals surface area contributed by atoms with Gasteiger partial charge in [0, 0.05) is 25.5 Å². The Labute approximate surface area is 81.7 Å². The van der Waals surface area contributed by atoms with Gasteiger partial charge < -0.3 is 4.90 Å². The molecule has 0 aliphatic rings. The molecule has 5 heteroatoms. The number of H-pyrrole nitrogens is 1. The molecule has 0 saturated carbocycles. The summed E-state index contributed by atoms with van der Waals surface area (Å²) in [5, 5.41) is 6.35. The minimum atomic E-state index is 0.0165. The lowest BCUT2D eigenvalue weighted by atomic mass is 10.3. The second-order valence-electron chi connectivity index (χ2n) is 2.71. The lowest BCUT2D eigenvalue weighted by Gasteiger charge is -2.14. The van der Waals surface area contributed by atoms with Gasteiger partial charge in [-0.3, -0.25) is 9.89 Å².